The predicted molar refractivity (Wildman–Crippen MR) is 93.9 cm³/mol. The molecule has 7 heteroatoms. The number of hydrogen-bond acceptors (Lipinski definition) is 4. The summed E-state index contributed by atoms with van der Waals surface area (Å²) < 4.78 is 13.1. The highest BCUT2D eigenvalue weighted by Crippen LogP contribution is 2.39. The highest BCUT2D eigenvalue weighted by molar-refractivity contribution is 6.46. The summed E-state index contributed by atoms with van der Waals surface area (Å²) in [5.41, 5.74) is 0.662. The molecule has 1 atom stereocenters. The Hall–Kier alpha value is -2.70. The monoisotopic (exact) mass is 375 g/mol. The molecule has 2 aromatic rings. The molecule has 1 aliphatic heterocycles. The van der Waals surface area contributed by atoms with Gasteiger partial charge >= 0.3 is 0 Å². The van der Waals surface area contributed by atoms with Crippen LogP contribution >= 0.6 is 11.6 Å². The summed E-state index contributed by atoms with van der Waals surface area (Å²) in [6.45, 7) is -0.411. The number of carbonyl (C=O) groups excluding carboxylic acids is 2. The number of carbonyl (C=O) groups is 2. The third-order valence-corrected chi connectivity index (χ3v) is 4.44. The fourth-order valence-corrected chi connectivity index (χ4v) is 3.10. The molecule has 134 valence electrons. The van der Waals surface area contributed by atoms with E-state index in [9.17, 15) is 24.2 Å². The number of aliphatic hydroxyl groups excluding tert-OH is 2. The van der Waals surface area contributed by atoms with Crippen molar-refractivity contribution in [2.75, 3.05) is 13.2 Å². The number of halogens is 2. The second kappa shape index (κ2) is 7.27. The molecule has 5 nitrogen and oxygen atoms in total. The molecule has 2 N–H and O–H groups in total. The third kappa shape index (κ3) is 3.21. The lowest BCUT2D eigenvalue weighted by molar-refractivity contribution is -0.140. The molecule has 1 aliphatic rings. The quantitative estimate of drug-likeness (QED) is 0.489. The summed E-state index contributed by atoms with van der Waals surface area (Å²) in [6, 6.07) is 10.6. The number of hydrogen-bond donors (Lipinski definition) is 2. The molecule has 0 bridgehead atoms. The minimum absolute atomic E-state index is 0.0714. The van der Waals surface area contributed by atoms with E-state index in [4.69, 9.17) is 11.6 Å². The first-order chi connectivity index (χ1) is 12.4. The maximum absolute atomic E-state index is 13.1. The van der Waals surface area contributed by atoms with Crippen LogP contribution in [0, 0.1) is 5.82 Å². The molecule has 0 unspecified atom stereocenters. The summed E-state index contributed by atoms with van der Waals surface area (Å²) in [5, 5.41) is 20.4. The number of benzene rings is 2. The Kier molecular flexibility index (Phi) is 5.06. The van der Waals surface area contributed by atoms with Crippen LogP contribution in [0.25, 0.3) is 5.76 Å². The molecule has 0 aliphatic carbocycles. The van der Waals surface area contributed by atoms with Crippen molar-refractivity contribution in [3.8, 4) is 0 Å². The minimum atomic E-state index is -0.871. The van der Waals surface area contributed by atoms with Crippen LogP contribution in [0.5, 0.6) is 0 Å². The summed E-state index contributed by atoms with van der Waals surface area (Å²) in [7, 11) is 0. The van der Waals surface area contributed by atoms with Crippen LogP contribution in [-0.4, -0.2) is 40.0 Å². The van der Waals surface area contributed by atoms with Crippen LogP contribution in [0.3, 0.4) is 0 Å². The van der Waals surface area contributed by atoms with E-state index in [-0.39, 0.29) is 24.3 Å². The normalized spacial score (nSPS) is 19.2. The second-order valence-corrected chi connectivity index (χ2v) is 6.21. The van der Waals surface area contributed by atoms with Gasteiger partial charge in [-0.3, -0.25) is 9.59 Å². The van der Waals surface area contributed by atoms with Crippen molar-refractivity contribution in [3.63, 3.8) is 0 Å². The highest BCUT2D eigenvalue weighted by Gasteiger charge is 2.45. The number of Topliss-reactive ketones (excluding diaryl/α,β-unsaturated/α-hetero) is 1. The number of ketones is 1. The minimum Gasteiger partial charge on any atom is -0.507 e. The Labute approximate surface area is 153 Å². The Morgan fingerprint density at radius 2 is 1.69 bits per heavy atom. The Balaban J connectivity index is 2.17. The molecule has 1 amide bonds. The van der Waals surface area contributed by atoms with E-state index in [1.165, 1.54) is 17.0 Å². The molecular formula is C19H15ClFNO4. The standard InChI is InChI=1S/C19H15ClFNO4/c20-13-5-1-11(2-6-13)16-15(18(25)19(26)22(16)9-10-23)17(24)12-3-7-14(21)8-4-12/h1-8,16,23-24H,9-10H2/t16-/m0/s1. The average molecular weight is 376 g/mol. The van der Waals surface area contributed by atoms with Crippen molar-refractivity contribution >= 4 is 29.1 Å². The smallest absolute Gasteiger partial charge is 0.295 e. The summed E-state index contributed by atoms with van der Waals surface area (Å²) >= 11 is 5.90. The van der Waals surface area contributed by atoms with Crippen molar-refractivity contribution in [2.24, 2.45) is 0 Å². The second-order valence-electron chi connectivity index (χ2n) is 5.77. The van der Waals surface area contributed by atoms with E-state index >= 15 is 0 Å². The Bertz CT molecular complexity index is 877. The van der Waals surface area contributed by atoms with E-state index < -0.39 is 29.3 Å². The van der Waals surface area contributed by atoms with Gasteiger partial charge in [-0.1, -0.05) is 23.7 Å². The molecule has 1 saturated heterocycles. The molecule has 26 heavy (non-hydrogen) atoms. The summed E-state index contributed by atoms with van der Waals surface area (Å²) in [5.74, 6) is -2.57. The number of amides is 1. The molecular weight excluding hydrogens is 361 g/mol. The van der Waals surface area contributed by atoms with Gasteiger partial charge in [0.05, 0.1) is 18.2 Å². The largest absolute Gasteiger partial charge is 0.507 e. The van der Waals surface area contributed by atoms with E-state index in [0.717, 1.165) is 12.1 Å². The van der Waals surface area contributed by atoms with Crippen LogP contribution in [0.4, 0.5) is 4.39 Å². The van der Waals surface area contributed by atoms with Gasteiger partial charge in [0.2, 0.25) is 0 Å². The van der Waals surface area contributed by atoms with Gasteiger partial charge in [-0.15, -0.1) is 0 Å². The van der Waals surface area contributed by atoms with Gasteiger partial charge in [0.15, 0.2) is 0 Å². The van der Waals surface area contributed by atoms with E-state index in [2.05, 4.69) is 0 Å². The Morgan fingerprint density at radius 1 is 1.08 bits per heavy atom. The number of likely N-dealkylation sites (tertiary alicyclic amines) is 1. The van der Waals surface area contributed by atoms with Crippen molar-refractivity contribution in [1.29, 1.82) is 0 Å². The fraction of sp³-hybridized carbons (Fsp3) is 0.158. The lowest BCUT2D eigenvalue weighted by Crippen LogP contribution is -2.32. The van der Waals surface area contributed by atoms with Gasteiger partial charge in [-0.05, 0) is 42.0 Å². The van der Waals surface area contributed by atoms with Crippen LogP contribution in [0.15, 0.2) is 54.1 Å². The predicted octanol–water partition coefficient (Wildman–Crippen LogP) is 2.89. The maximum Gasteiger partial charge on any atom is 0.295 e. The lowest BCUT2D eigenvalue weighted by Gasteiger charge is -2.24. The zero-order valence-corrected chi connectivity index (χ0v) is 14.3. The van der Waals surface area contributed by atoms with Gasteiger partial charge in [0.1, 0.15) is 11.6 Å². The van der Waals surface area contributed by atoms with Crippen LogP contribution < -0.4 is 0 Å². The number of nitrogens with zero attached hydrogens (tertiary/aromatic N) is 1. The van der Waals surface area contributed by atoms with Gasteiger partial charge < -0.3 is 15.1 Å². The molecule has 0 aromatic heterocycles. The summed E-state index contributed by atoms with van der Waals surface area (Å²) in [6.07, 6.45) is 0. The molecule has 1 heterocycles. The van der Waals surface area contributed by atoms with Crippen LogP contribution in [0.1, 0.15) is 17.2 Å². The third-order valence-electron chi connectivity index (χ3n) is 4.18. The van der Waals surface area contributed by atoms with Crippen LogP contribution in [-0.2, 0) is 9.59 Å². The van der Waals surface area contributed by atoms with Gasteiger partial charge in [-0.25, -0.2) is 4.39 Å². The molecule has 1 fully saturated rings. The Morgan fingerprint density at radius 3 is 2.27 bits per heavy atom. The van der Waals surface area contributed by atoms with Gasteiger partial charge in [-0.2, -0.15) is 0 Å². The highest BCUT2D eigenvalue weighted by atomic mass is 35.5. The number of rotatable bonds is 4. The number of aliphatic hydroxyl groups is 2. The van der Waals surface area contributed by atoms with Crippen molar-refractivity contribution in [1.82, 2.24) is 4.90 Å². The SMILES string of the molecule is O=C1C(=O)N(CCO)[C@@H](c2ccc(Cl)cc2)C1=C(O)c1ccc(F)cc1. The summed E-state index contributed by atoms with van der Waals surface area (Å²) in [4.78, 5) is 26.1. The number of β-amino-alcohol motifs (C(OH)–C–C–N with tert-alkyl or cyclic N) is 1. The first-order valence-corrected chi connectivity index (χ1v) is 8.22. The zero-order chi connectivity index (χ0) is 18.8. The first-order valence-electron chi connectivity index (χ1n) is 7.84. The zero-order valence-electron chi connectivity index (χ0n) is 13.5. The van der Waals surface area contributed by atoms with Crippen LogP contribution in [0.2, 0.25) is 5.02 Å². The lowest BCUT2D eigenvalue weighted by atomic mass is 9.95. The van der Waals surface area contributed by atoms with Gasteiger partial charge in [0, 0.05) is 17.1 Å². The molecule has 0 saturated carbocycles. The molecule has 0 spiro atoms. The average Bonchev–Trinajstić information content (AvgIpc) is 2.88. The van der Waals surface area contributed by atoms with E-state index in [1.807, 2.05) is 0 Å². The van der Waals surface area contributed by atoms with Crippen molar-refractivity contribution in [3.05, 3.63) is 76.1 Å². The molecule has 2 aromatic carbocycles. The maximum atomic E-state index is 13.1. The van der Waals surface area contributed by atoms with E-state index in [0.29, 0.717) is 10.6 Å². The molecule has 3 rings (SSSR count). The van der Waals surface area contributed by atoms with Crippen molar-refractivity contribution < 1.29 is 24.2 Å². The molecule has 0 radical (unpaired) electrons. The van der Waals surface area contributed by atoms with Crippen molar-refractivity contribution in [2.45, 2.75) is 6.04 Å². The van der Waals surface area contributed by atoms with E-state index in [1.54, 1.807) is 24.3 Å². The first kappa shape index (κ1) is 18.1. The topological polar surface area (TPSA) is 77.8 Å². The fourth-order valence-electron chi connectivity index (χ4n) is 2.97. The van der Waals surface area contributed by atoms with Gasteiger partial charge in [0.25, 0.3) is 11.7 Å².